The van der Waals surface area contributed by atoms with Gasteiger partial charge in [-0.2, -0.15) is 4.31 Å². The number of sulfonamides is 1. The second-order valence-corrected chi connectivity index (χ2v) is 9.64. The van der Waals surface area contributed by atoms with Crippen molar-refractivity contribution in [2.24, 2.45) is 11.7 Å². The zero-order chi connectivity index (χ0) is 21.3. The van der Waals surface area contributed by atoms with Gasteiger partial charge in [0.05, 0.1) is 17.0 Å². The normalized spacial score (nSPS) is 16.1. The molecular formula is C18H26N6O4S. The van der Waals surface area contributed by atoms with Gasteiger partial charge in [-0.05, 0) is 44.9 Å². The highest BCUT2D eigenvalue weighted by Gasteiger charge is 2.29. The van der Waals surface area contributed by atoms with E-state index in [0.717, 1.165) is 9.82 Å². The Bertz CT molecular complexity index is 1020. The number of piperidine rings is 1. The predicted molar refractivity (Wildman–Crippen MR) is 106 cm³/mol. The number of carbonyl (C=O) groups excluding carboxylic acids is 2. The van der Waals surface area contributed by atoms with Gasteiger partial charge in [-0.3, -0.25) is 9.59 Å². The van der Waals surface area contributed by atoms with Crippen LogP contribution in [-0.4, -0.2) is 71.1 Å². The minimum Gasteiger partial charge on any atom is -0.369 e. The van der Waals surface area contributed by atoms with Crippen molar-refractivity contribution in [3.8, 4) is 0 Å². The second kappa shape index (κ2) is 8.07. The molecule has 0 unspecified atom stereocenters. The lowest BCUT2D eigenvalue weighted by atomic mass is 9.96. The third-order valence-electron chi connectivity index (χ3n) is 5.25. The average Bonchev–Trinajstić information content (AvgIpc) is 3.11. The topological polar surface area (TPSA) is 131 Å². The van der Waals surface area contributed by atoms with Crippen molar-refractivity contribution in [1.29, 1.82) is 0 Å². The first-order valence-corrected chi connectivity index (χ1v) is 10.9. The Balaban J connectivity index is 1.71. The molecule has 1 saturated heterocycles. The predicted octanol–water partition coefficient (Wildman–Crippen LogP) is 0.357. The molecule has 1 aliphatic heterocycles. The number of nitrogens with two attached hydrogens (primary N) is 1. The lowest BCUT2D eigenvalue weighted by Gasteiger charge is -2.31. The zero-order valence-corrected chi connectivity index (χ0v) is 17.6. The van der Waals surface area contributed by atoms with Crippen LogP contribution in [0.1, 0.15) is 32.7 Å². The van der Waals surface area contributed by atoms with E-state index in [2.05, 4.69) is 10.3 Å². The molecule has 2 heterocycles. The molecule has 0 bridgehead atoms. The van der Waals surface area contributed by atoms with Crippen molar-refractivity contribution < 1.29 is 18.0 Å². The molecule has 0 aliphatic carbocycles. The molecule has 2 aromatic rings. The number of benzene rings is 1. The van der Waals surface area contributed by atoms with Gasteiger partial charge in [0.25, 0.3) is 0 Å². The summed E-state index contributed by atoms with van der Waals surface area (Å²) >= 11 is 0. The number of aromatic nitrogens is 3. The molecule has 0 atom stereocenters. The number of amides is 2. The number of likely N-dealkylation sites (N-methyl/N-ethyl adjacent to an activating group) is 1. The van der Waals surface area contributed by atoms with Crippen molar-refractivity contribution in [3.63, 3.8) is 0 Å². The SMILES string of the molecule is CC(C)n1nnc2cc(S(=O)(=O)N(C)CC(=O)N3CCC(C(N)=O)CC3)ccc21. The van der Waals surface area contributed by atoms with E-state index in [-0.39, 0.29) is 35.2 Å². The van der Waals surface area contributed by atoms with Gasteiger partial charge in [-0.25, -0.2) is 13.1 Å². The molecule has 1 aromatic heterocycles. The standard InChI is InChI=1S/C18H26N6O4S/c1-12(2)24-16-5-4-14(10-15(16)20-21-24)29(27,28)22(3)11-17(25)23-8-6-13(7-9-23)18(19)26/h4-5,10,12-13H,6-9,11H2,1-3H3,(H2,19,26). The van der Waals surface area contributed by atoms with Gasteiger partial charge in [0.2, 0.25) is 21.8 Å². The Morgan fingerprint density at radius 1 is 1.28 bits per heavy atom. The number of primary amides is 1. The summed E-state index contributed by atoms with van der Waals surface area (Å²) in [5.74, 6) is -0.890. The molecule has 2 N–H and O–H groups in total. The number of rotatable bonds is 6. The van der Waals surface area contributed by atoms with E-state index < -0.39 is 10.0 Å². The zero-order valence-electron chi connectivity index (χ0n) is 16.8. The summed E-state index contributed by atoms with van der Waals surface area (Å²) in [4.78, 5) is 25.4. The first-order valence-electron chi connectivity index (χ1n) is 9.49. The van der Waals surface area contributed by atoms with Crippen molar-refractivity contribution in [3.05, 3.63) is 18.2 Å². The lowest BCUT2D eigenvalue weighted by Crippen LogP contribution is -2.46. The smallest absolute Gasteiger partial charge is 0.243 e. The van der Waals surface area contributed by atoms with Crippen LogP contribution in [0.25, 0.3) is 11.0 Å². The van der Waals surface area contributed by atoms with Crippen molar-refractivity contribution >= 4 is 32.9 Å². The van der Waals surface area contributed by atoms with Gasteiger partial charge >= 0.3 is 0 Å². The largest absolute Gasteiger partial charge is 0.369 e. The number of fused-ring (bicyclic) bond motifs is 1. The highest BCUT2D eigenvalue weighted by Crippen LogP contribution is 2.22. The third-order valence-corrected chi connectivity index (χ3v) is 7.05. The Morgan fingerprint density at radius 3 is 2.52 bits per heavy atom. The maximum atomic E-state index is 12.9. The molecule has 0 saturated carbocycles. The Labute approximate surface area is 169 Å². The fraction of sp³-hybridized carbons (Fsp3) is 0.556. The maximum absolute atomic E-state index is 12.9. The van der Waals surface area contributed by atoms with Gasteiger partial charge in [-0.1, -0.05) is 5.21 Å². The molecule has 0 radical (unpaired) electrons. The van der Waals surface area contributed by atoms with Crippen molar-refractivity contribution in [1.82, 2.24) is 24.2 Å². The van der Waals surface area contributed by atoms with E-state index in [4.69, 9.17) is 5.73 Å². The third kappa shape index (κ3) is 4.25. The molecule has 0 spiro atoms. The van der Waals surface area contributed by atoms with Crippen molar-refractivity contribution in [2.75, 3.05) is 26.7 Å². The lowest BCUT2D eigenvalue weighted by molar-refractivity contribution is -0.134. The molecule has 1 fully saturated rings. The Morgan fingerprint density at radius 2 is 1.93 bits per heavy atom. The van der Waals surface area contributed by atoms with Crippen LogP contribution in [0.15, 0.2) is 23.1 Å². The molecule has 158 valence electrons. The molecule has 1 aliphatic rings. The fourth-order valence-electron chi connectivity index (χ4n) is 3.43. The van der Waals surface area contributed by atoms with Crippen LogP contribution in [0.4, 0.5) is 0 Å². The minimum absolute atomic E-state index is 0.0588. The van der Waals surface area contributed by atoms with Crippen LogP contribution >= 0.6 is 0 Å². The number of carbonyl (C=O) groups is 2. The average molecular weight is 423 g/mol. The van der Waals surface area contributed by atoms with E-state index in [1.54, 1.807) is 15.6 Å². The van der Waals surface area contributed by atoms with Crippen molar-refractivity contribution in [2.45, 2.75) is 37.6 Å². The monoisotopic (exact) mass is 422 g/mol. The first kappa shape index (κ1) is 21.2. The summed E-state index contributed by atoms with van der Waals surface area (Å²) < 4.78 is 28.6. The molecule has 29 heavy (non-hydrogen) atoms. The Hall–Kier alpha value is -2.53. The van der Waals surface area contributed by atoms with E-state index in [0.29, 0.717) is 31.4 Å². The molecule has 10 nitrogen and oxygen atoms in total. The number of hydrogen-bond donors (Lipinski definition) is 1. The van der Waals surface area contributed by atoms with Gasteiger partial charge in [-0.15, -0.1) is 5.10 Å². The van der Waals surface area contributed by atoms with Gasteiger partial charge < -0.3 is 10.6 Å². The summed E-state index contributed by atoms with van der Waals surface area (Å²) in [6.07, 6.45) is 0.999. The quantitative estimate of drug-likeness (QED) is 0.715. The summed E-state index contributed by atoms with van der Waals surface area (Å²) in [6, 6.07) is 4.74. The summed E-state index contributed by atoms with van der Waals surface area (Å²) in [7, 11) is -2.49. The van der Waals surface area contributed by atoms with Gasteiger partial charge in [0.1, 0.15) is 5.52 Å². The van der Waals surface area contributed by atoms with Crippen LogP contribution < -0.4 is 5.73 Å². The summed E-state index contributed by atoms with van der Waals surface area (Å²) in [5.41, 5.74) is 6.53. The van der Waals surface area contributed by atoms with Crippen LogP contribution in [0, 0.1) is 5.92 Å². The molecular weight excluding hydrogens is 396 g/mol. The maximum Gasteiger partial charge on any atom is 0.243 e. The molecule has 2 amide bonds. The highest BCUT2D eigenvalue weighted by molar-refractivity contribution is 7.89. The summed E-state index contributed by atoms with van der Waals surface area (Å²) in [6.45, 7) is 4.43. The van der Waals surface area contributed by atoms with E-state index >= 15 is 0 Å². The first-order chi connectivity index (χ1) is 13.6. The van der Waals surface area contributed by atoms with E-state index in [1.807, 2.05) is 13.8 Å². The van der Waals surface area contributed by atoms with Crippen LogP contribution in [0.2, 0.25) is 0 Å². The summed E-state index contributed by atoms with van der Waals surface area (Å²) in [5, 5.41) is 8.10. The molecule has 1 aromatic carbocycles. The molecule has 3 rings (SSSR count). The van der Waals surface area contributed by atoms with E-state index in [9.17, 15) is 18.0 Å². The number of hydrogen-bond acceptors (Lipinski definition) is 6. The second-order valence-electron chi connectivity index (χ2n) is 7.60. The minimum atomic E-state index is -3.86. The van der Waals surface area contributed by atoms with Gasteiger partial charge in [0.15, 0.2) is 0 Å². The van der Waals surface area contributed by atoms with Crippen LogP contribution in [0.3, 0.4) is 0 Å². The number of nitrogens with zero attached hydrogens (tertiary/aromatic N) is 5. The van der Waals surface area contributed by atoms with E-state index in [1.165, 1.54) is 19.2 Å². The van der Waals surface area contributed by atoms with Crippen LogP contribution in [-0.2, 0) is 19.6 Å². The molecule has 11 heteroatoms. The fourth-order valence-corrected chi connectivity index (χ4v) is 4.57. The number of likely N-dealkylation sites (tertiary alicyclic amines) is 1. The van der Waals surface area contributed by atoms with Gasteiger partial charge in [0, 0.05) is 32.1 Å². The van der Waals surface area contributed by atoms with Crippen LogP contribution in [0.5, 0.6) is 0 Å². The Kier molecular flexibility index (Phi) is 5.90. The highest BCUT2D eigenvalue weighted by atomic mass is 32.2.